The molecule has 0 aromatic heterocycles. The summed E-state index contributed by atoms with van der Waals surface area (Å²) in [5.74, 6) is 0. The van der Waals surface area contributed by atoms with Crippen LogP contribution in [0.4, 0.5) is 0 Å². The molecule has 3 nitrogen and oxygen atoms in total. The SMILES string of the molecule is CCN1CC[N](CC)[In]([CH2]CCCN(C)C)[CH2]1. The molecule has 1 heterocycles. The number of hydrogen-bond donors (Lipinski definition) is 0. The van der Waals surface area contributed by atoms with Gasteiger partial charge in [0.25, 0.3) is 0 Å². The van der Waals surface area contributed by atoms with Crippen molar-refractivity contribution in [3.05, 3.63) is 0 Å². The fourth-order valence-corrected chi connectivity index (χ4v) is 12.9. The average Bonchev–Trinajstić information content (AvgIpc) is 2.34. The van der Waals surface area contributed by atoms with E-state index in [9.17, 15) is 0 Å². The van der Waals surface area contributed by atoms with Gasteiger partial charge in [0, 0.05) is 0 Å². The van der Waals surface area contributed by atoms with E-state index >= 15 is 0 Å². The van der Waals surface area contributed by atoms with Crippen LogP contribution in [0.25, 0.3) is 0 Å². The Morgan fingerprint density at radius 3 is 2.41 bits per heavy atom. The van der Waals surface area contributed by atoms with Crippen LogP contribution in [0.2, 0.25) is 4.18 Å². The van der Waals surface area contributed by atoms with E-state index in [1.54, 1.807) is 4.18 Å². The van der Waals surface area contributed by atoms with Crippen LogP contribution in [0.15, 0.2) is 0 Å². The normalized spacial score (nSPS) is 19.2. The molecule has 0 amide bonds. The first-order chi connectivity index (χ1) is 8.17. The Morgan fingerprint density at radius 2 is 1.82 bits per heavy atom. The Kier molecular flexibility index (Phi) is 8.17. The number of unbranched alkanes of at least 4 members (excludes halogenated alkanes) is 1. The number of rotatable bonds is 7. The molecule has 0 unspecified atom stereocenters. The second-order valence-electron chi connectivity index (χ2n) is 5.47. The zero-order chi connectivity index (χ0) is 12.7. The zero-order valence-corrected chi connectivity index (χ0v) is 15.6. The summed E-state index contributed by atoms with van der Waals surface area (Å²) in [6.07, 6.45) is 2.86. The maximum absolute atomic E-state index is 2.88. The Bertz CT molecular complexity index is 199. The van der Waals surface area contributed by atoms with Crippen molar-refractivity contribution >= 4 is 21.7 Å². The van der Waals surface area contributed by atoms with Gasteiger partial charge in [0.15, 0.2) is 0 Å². The zero-order valence-electron chi connectivity index (χ0n) is 12.3. The Morgan fingerprint density at radius 1 is 1.06 bits per heavy atom. The molecule has 0 aromatic rings. The van der Waals surface area contributed by atoms with Crippen LogP contribution in [-0.2, 0) is 0 Å². The molecule has 1 aliphatic rings. The van der Waals surface area contributed by atoms with E-state index < -0.39 is 21.7 Å². The van der Waals surface area contributed by atoms with E-state index in [2.05, 4.69) is 40.6 Å². The van der Waals surface area contributed by atoms with Crippen molar-refractivity contribution in [2.75, 3.05) is 51.1 Å². The van der Waals surface area contributed by atoms with E-state index in [-0.39, 0.29) is 0 Å². The van der Waals surface area contributed by atoms with E-state index in [0.717, 1.165) is 0 Å². The average molecular weight is 343 g/mol. The van der Waals surface area contributed by atoms with Crippen molar-refractivity contribution in [2.45, 2.75) is 30.9 Å². The summed E-state index contributed by atoms with van der Waals surface area (Å²) in [7, 11) is 4.36. The fraction of sp³-hybridized carbons (Fsp3) is 1.00. The third kappa shape index (κ3) is 5.95. The van der Waals surface area contributed by atoms with Gasteiger partial charge in [-0.1, -0.05) is 0 Å². The summed E-state index contributed by atoms with van der Waals surface area (Å²) in [5, 5.41) is 0. The molecule has 0 atom stereocenters. The van der Waals surface area contributed by atoms with Crippen LogP contribution in [0, 0.1) is 0 Å². The summed E-state index contributed by atoms with van der Waals surface area (Å²) < 4.78 is 5.96. The molecular weight excluding hydrogens is 313 g/mol. The van der Waals surface area contributed by atoms with Gasteiger partial charge in [0.2, 0.25) is 0 Å². The Hall–Kier alpha value is 0.750. The quantitative estimate of drug-likeness (QED) is 0.649. The Balaban J connectivity index is 2.26. The second kappa shape index (κ2) is 8.78. The van der Waals surface area contributed by atoms with Gasteiger partial charge in [-0.3, -0.25) is 0 Å². The molecule has 100 valence electrons. The summed E-state index contributed by atoms with van der Waals surface area (Å²) >= 11 is -1.38. The molecule has 0 saturated carbocycles. The standard InChI is InChI=1S/C7H16N2.C6H14N.In/c1-4-8-6-7-9(3)5-2;1-4-5-6-7(2)3;/h3-7H2,1-2H3;1,4-6H2,2-3H3;/q-1;;+1. The molecule has 4 heteroatoms. The third-order valence-electron chi connectivity index (χ3n) is 3.93. The van der Waals surface area contributed by atoms with Crippen LogP contribution >= 0.6 is 0 Å². The first kappa shape index (κ1) is 15.8. The molecule has 1 saturated heterocycles. The topological polar surface area (TPSA) is 9.72 Å². The van der Waals surface area contributed by atoms with Crippen molar-refractivity contribution in [3.8, 4) is 0 Å². The molecular formula is C13H30InN3. The van der Waals surface area contributed by atoms with Crippen molar-refractivity contribution in [1.82, 2.24) is 12.7 Å². The molecule has 0 aliphatic carbocycles. The summed E-state index contributed by atoms with van der Waals surface area (Å²) in [6, 6.07) is 0. The fourth-order valence-electron chi connectivity index (χ4n) is 2.74. The molecule has 0 N–H and O–H groups in total. The monoisotopic (exact) mass is 343 g/mol. The van der Waals surface area contributed by atoms with Gasteiger partial charge >= 0.3 is 116 Å². The number of nitrogens with zero attached hydrogens (tertiary/aromatic N) is 3. The van der Waals surface area contributed by atoms with Crippen LogP contribution < -0.4 is 0 Å². The van der Waals surface area contributed by atoms with E-state index in [1.165, 1.54) is 49.9 Å². The molecule has 1 fully saturated rings. The van der Waals surface area contributed by atoms with Crippen molar-refractivity contribution in [2.24, 2.45) is 0 Å². The summed E-state index contributed by atoms with van der Waals surface area (Å²) in [5.41, 5.74) is 0. The minimum absolute atomic E-state index is 1.27. The van der Waals surface area contributed by atoms with E-state index in [4.69, 9.17) is 0 Å². The molecule has 1 aliphatic heterocycles. The summed E-state index contributed by atoms with van der Waals surface area (Å²) in [6.45, 7) is 11.2. The van der Waals surface area contributed by atoms with Gasteiger partial charge in [-0.15, -0.1) is 0 Å². The van der Waals surface area contributed by atoms with Crippen LogP contribution in [0.1, 0.15) is 26.7 Å². The molecule has 0 radical (unpaired) electrons. The van der Waals surface area contributed by atoms with Gasteiger partial charge in [-0.05, 0) is 0 Å². The first-order valence-electron chi connectivity index (χ1n) is 7.28. The van der Waals surface area contributed by atoms with Gasteiger partial charge in [0.1, 0.15) is 0 Å². The molecule has 1 rings (SSSR count). The van der Waals surface area contributed by atoms with Crippen molar-refractivity contribution in [1.29, 1.82) is 0 Å². The number of hydrogen-bond acceptors (Lipinski definition) is 3. The van der Waals surface area contributed by atoms with E-state index in [0.29, 0.717) is 0 Å². The molecule has 0 bridgehead atoms. The van der Waals surface area contributed by atoms with Gasteiger partial charge in [-0.2, -0.15) is 0 Å². The maximum atomic E-state index is 2.88. The van der Waals surface area contributed by atoms with Gasteiger partial charge < -0.3 is 0 Å². The Labute approximate surface area is 116 Å². The van der Waals surface area contributed by atoms with Crippen LogP contribution in [-0.4, -0.2) is 85.5 Å². The molecule has 0 aromatic carbocycles. The summed E-state index contributed by atoms with van der Waals surface area (Å²) in [4.78, 5) is 5.01. The van der Waals surface area contributed by atoms with Crippen LogP contribution in [0.3, 0.4) is 0 Å². The first-order valence-corrected chi connectivity index (χ1v) is 13.4. The molecule has 0 spiro atoms. The van der Waals surface area contributed by atoms with Gasteiger partial charge in [-0.25, -0.2) is 0 Å². The van der Waals surface area contributed by atoms with E-state index in [1.807, 2.05) is 0 Å². The minimum atomic E-state index is -1.38. The van der Waals surface area contributed by atoms with Gasteiger partial charge in [0.05, 0.1) is 0 Å². The third-order valence-corrected chi connectivity index (χ3v) is 14.4. The molecule has 17 heavy (non-hydrogen) atoms. The van der Waals surface area contributed by atoms with Crippen molar-refractivity contribution < 1.29 is 0 Å². The number of likely N-dealkylation sites (N-methyl/N-ethyl adjacent to an activating group) is 2. The van der Waals surface area contributed by atoms with Crippen molar-refractivity contribution in [3.63, 3.8) is 0 Å². The second-order valence-corrected chi connectivity index (χ2v) is 14.0. The predicted octanol–water partition coefficient (Wildman–Crippen LogP) is 1.52. The predicted molar refractivity (Wildman–Crippen MR) is 77.7 cm³/mol. The van der Waals surface area contributed by atoms with Crippen LogP contribution in [0.5, 0.6) is 0 Å².